The van der Waals surface area contributed by atoms with E-state index in [1.165, 1.54) is 37.3 Å². The van der Waals surface area contributed by atoms with Gasteiger partial charge in [0.2, 0.25) is 11.8 Å². The van der Waals surface area contributed by atoms with Crippen LogP contribution in [0.5, 0.6) is 0 Å². The van der Waals surface area contributed by atoms with Crippen LogP contribution in [-0.2, 0) is 16.0 Å². The molecule has 0 aliphatic carbocycles. The Morgan fingerprint density at radius 3 is 2.48 bits per heavy atom. The fraction of sp³-hybridized carbons (Fsp3) is 0.167. The van der Waals surface area contributed by atoms with Gasteiger partial charge in [-0.1, -0.05) is 24.3 Å². The second kappa shape index (κ2) is 8.05. The summed E-state index contributed by atoms with van der Waals surface area (Å²) in [7, 11) is 0. The predicted octanol–water partition coefficient (Wildman–Crippen LogP) is 1.61. The maximum atomic E-state index is 13.7. The van der Waals surface area contributed by atoms with Crippen molar-refractivity contribution in [3.8, 4) is 0 Å². The second-order valence-electron chi connectivity index (χ2n) is 5.49. The molecule has 0 radical (unpaired) electrons. The average molecular weight is 343 g/mol. The number of hydrogen-bond acceptors (Lipinski definition) is 3. The van der Waals surface area contributed by atoms with Gasteiger partial charge in [0.05, 0.1) is 0 Å². The van der Waals surface area contributed by atoms with Crippen molar-refractivity contribution in [2.24, 2.45) is 5.73 Å². The van der Waals surface area contributed by atoms with Gasteiger partial charge >= 0.3 is 0 Å². The number of halogens is 1. The number of carbonyl (C=O) groups excluding carboxylic acids is 3. The van der Waals surface area contributed by atoms with E-state index in [2.05, 4.69) is 10.6 Å². The molecule has 130 valence electrons. The minimum Gasteiger partial charge on any atom is -0.368 e. The summed E-state index contributed by atoms with van der Waals surface area (Å²) in [6, 6.07) is 11.1. The zero-order valence-electron chi connectivity index (χ0n) is 13.6. The molecule has 0 spiro atoms. The Balaban J connectivity index is 2.14. The molecule has 0 fully saturated rings. The van der Waals surface area contributed by atoms with Crippen LogP contribution in [0, 0.1) is 5.82 Å². The van der Waals surface area contributed by atoms with Crippen LogP contribution in [0.25, 0.3) is 0 Å². The van der Waals surface area contributed by atoms with Crippen molar-refractivity contribution < 1.29 is 18.8 Å². The van der Waals surface area contributed by atoms with Gasteiger partial charge in [-0.15, -0.1) is 0 Å². The van der Waals surface area contributed by atoms with Crippen molar-refractivity contribution in [2.45, 2.75) is 19.4 Å². The first-order chi connectivity index (χ1) is 11.9. The number of nitrogens with two attached hydrogens (primary N) is 1. The first-order valence-corrected chi connectivity index (χ1v) is 7.58. The van der Waals surface area contributed by atoms with Crippen LogP contribution in [0.3, 0.4) is 0 Å². The van der Waals surface area contributed by atoms with Crippen LogP contribution >= 0.6 is 0 Å². The molecule has 0 aliphatic heterocycles. The molecular formula is C18H18FN3O3. The molecule has 0 aromatic heterocycles. The molecule has 2 aromatic carbocycles. The van der Waals surface area contributed by atoms with E-state index in [9.17, 15) is 18.8 Å². The maximum Gasteiger partial charge on any atom is 0.252 e. The van der Waals surface area contributed by atoms with E-state index in [1.807, 2.05) is 0 Å². The van der Waals surface area contributed by atoms with Crippen molar-refractivity contribution >= 4 is 23.4 Å². The molecule has 4 N–H and O–H groups in total. The number of benzene rings is 2. The highest BCUT2D eigenvalue weighted by atomic mass is 19.1. The van der Waals surface area contributed by atoms with E-state index in [0.717, 1.165) is 0 Å². The lowest BCUT2D eigenvalue weighted by Gasteiger charge is -2.16. The van der Waals surface area contributed by atoms with Gasteiger partial charge in [-0.25, -0.2) is 4.39 Å². The lowest BCUT2D eigenvalue weighted by molar-refractivity contribution is -0.119. The first kappa shape index (κ1) is 18.1. The summed E-state index contributed by atoms with van der Waals surface area (Å²) in [4.78, 5) is 35.1. The minimum absolute atomic E-state index is 0.0564. The molecule has 0 aliphatic rings. The maximum absolute atomic E-state index is 13.7. The normalized spacial score (nSPS) is 11.4. The molecule has 1 atom stereocenters. The number of carbonyl (C=O) groups is 3. The largest absolute Gasteiger partial charge is 0.368 e. The standard InChI is InChI=1S/C18H18FN3O3/c1-11(23)21-14-7-4-6-13(9-14)18(25)22-16(17(20)24)10-12-5-2-3-8-15(12)19/h2-9,16H,10H2,1H3,(H2,20,24)(H,21,23)(H,22,25)/t16-/m1/s1. The lowest BCUT2D eigenvalue weighted by atomic mass is 10.0. The SMILES string of the molecule is CC(=O)Nc1cccc(C(=O)N[C@H](Cc2ccccc2F)C(N)=O)c1. The van der Waals surface area contributed by atoms with E-state index in [0.29, 0.717) is 5.69 Å². The van der Waals surface area contributed by atoms with Gasteiger partial charge in [0, 0.05) is 24.6 Å². The van der Waals surface area contributed by atoms with Gasteiger partial charge in [-0.05, 0) is 29.8 Å². The molecule has 0 heterocycles. The second-order valence-corrected chi connectivity index (χ2v) is 5.49. The van der Waals surface area contributed by atoms with Gasteiger partial charge in [-0.3, -0.25) is 14.4 Å². The van der Waals surface area contributed by atoms with Gasteiger partial charge < -0.3 is 16.4 Å². The minimum atomic E-state index is -1.06. The van der Waals surface area contributed by atoms with Crippen LogP contribution < -0.4 is 16.4 Å². The molecule has 0 saturated carbocycles. The van der Waals surface area contributed by atoms with Gasteiger partial charge in [0.1, 0.15) is 11.9 Å². The first-order valence-electron chi connectivity index (χ1n) is 7.58. The van der Waals surface area contributed by atoms with Crippen molar-refractivity contribution in [2.75, 3.05) is 5.32 Å². The van der Waals surface area contributed by atoms with E-state index in [-0.39, 0.29) is 23.5 Å². The highest BCUT2D eigenvalue weighted by Gasteiger charge is 2.21. The molecule has 7 heteroatoms. The molecule has 0 unspecified atom stereocenters. The zero-order valence-corrected chi connectivity index (χ0v) is 13.6. The number of amides is 3. The van der Waals surface area contributed by atoms with E-state index >= 15 is 0 Å². The van der Waals surface area contributed by atoms with Crippen molar-refractivity contribution in [1.82, 2.24) is 5.32 Å². The third-order valence-electron chi connectivity index (χ3n) is 3.48. The Bertz CT molecular complexity index is 808. The van der Waals surface area contributed by atoms with Crippen LogP contribution in [-0.4, -0.2) is 23.8 Å². The Labute approximate surface area is 144 Å². The number of nitrogens with one attached hydrogen (secondary N) is 2. The Morgan fingerprint density at radius 1 is 1.12 bits per heavy atom. The lowest BCUT2D eigenvalue weighted by Crippen LogP contribution is -2.46. The number of primary amides is 1. The Hall–Kier alpha value is -3.22. The van der Waals surface area contributed by atoms with Gasteiger partial charge in [0.25, 0.3) is 5.91 Å². The van der Waals surface area contributed by atoms with Crippen molar-refractivity contribution in [1.29, 1.82) is 0 Å². The topological polar surface area (TPSA) is 101 Å². The fourth-order valence-corrected chi connectivity index (χ4v) is 2.29. The average Bonchev–Trinajstić information content (AvgIpc) is 2.55. The highest BCUT2D eigenvalue weighted by molar-refractivity contribution is 5.99. The molecule has 0 saturated heterocycles. The summed E-state index contributed by atoms with van der Waals surface area (Å²) in [5.41, 5.74) is 6.29. The Kier molecular flexibility index (Phi) is 5.84. The Morgan fingerprint density at radius 2 is 1.84 bits per heavy atom. The summed E-state index contributed by atoms with van der Waals surface area (Å²) >= 11 is 0. The smallest absolute Gasteiger partial charge is 0.252 e. The molecule has 3 amide bonds. The predicted molar refractivity (Wildman–Crippen MR) is 91.3 cm³/mol. The molecule has 2 aromatic rings. The van der Waals surface area contributed by atoms with Crippen molar-refractivity contribution in [3.05, 3.63) is 65.5 Å². The van der Waals surface area contributed by atoms with E-state index in [4.69, 9.17) is 5.73 Å². The highest BCUT2D eigenvalue weighted by Crippen LogP contribution is 2.12. The third-order valence-corrected chi connectivity index (χ3v) is 3.48. The van der Waals surface area contributed by atoms with Crippen molar-refractivity contribution in [3.63, 3.8) is 0 Å². The third kappa shape index (κ3) is 5.13. The number of hydrogen-bond donors (Lipinski definition) is 3. The quantitative estimate of drug-likeness (QED) is 0.743. The van der Waals surface area contributed by atoms with E-state index < -0.39 is 23.7 Å². The molecule has 6 nitrogen and oxygen atoms in total. The number of rotatable bonds is 6. The van der Waals surface area contributed by atoms with Crippen LogP contribution in [0.15, 0.2) is 48.5 Å². The molecular weight excluding hydrogens is 325 g/mol. The molecule has 2 rings (SSSR count). The summed E-state index contributed by atoms with van der Waals surface area (Å²) in [6.45, 7) is 1.35. The number of anilines is 1. The van der Waals surface area contributed by atoms with Crippen LogP contribution in [0.2, 0.25) is 0 Å². The summed E-state index contributed by atoms with van der Waals surface area (Å²) in [5, 5.41) is 5.06. The van der Waals surface area contributed by atoms with Crippen LogP contribution in [0.4, 0.5) is 10.1 Å². The van der Waals surface area contributed by atoms with Gasteiger partial charge in [0.15, 0.2) is 0 Å². The zero-order chi connectivity index (χ0) is 18.4. The monoisotopic (exact) mass is 343 g/mol. The van der Waals surface area contributed by atoms with E-state index in [1.54, 1.807) is 18.2 Å². The fourth-order valence-electron chi connectivity index (χ4n) is 2.29. The molecule has 25 heavy (non-hydrogen) atoms. The summed E-state index contributed by atoms with van der Waals surface area (Å²) in [6.07, 6.45) is -0.0564. The van der Waals surface area contributed by atoms with Crippen LogP contribution in [0.1, 0.15) is 22.8 Å². The summed E-state index contributed by atoms with van der Waals surface area (Å²) in [5.74, 6) is -2.07. The summed E-state index contributed by atoms with van der Waals surface area (Å²) < 4.78 is 13.7. The van der Waals surface area contributed by atoms with Gasteiger partial charge in [-0.2, -0.15) is 0 Å². The molecule has 0 bridgehead atoms.